The molecule has 1 aliphatic heterocycles. The van der Waals surface area contributed by atoms with Gasteiger partial charge in [0.2, 0.25) is 0 Å². The van der Waals surface area contributed by atoms with Crippen molar-refractivity contribution >= 4 is 12.0 Å². The Morgan fingerprint density at radius 3 is 2.33 bits per heavy atom. The second-order valence-corrected chi connectivity index (χ2v) is 7.12. The van der Waals surface area contributed by atoms with Crippen LogP contribution in [-0.2, 0) is 4.79 Å². The monoisotopic (exact) mass is 300 g/mol. The molecule has 0 spiro atoms. The highest BCUT2D eigenvalue weighted by atomic mass is 16.4. The van der Waals surface area contributed by atoms with Gasteiger partial charge in [-0.25, -0.2) is 4.79 Å². The maximum Gasteiger partial charge on any atom is 0.320 e. The third kappa shape index (κ3) is 3.67. The molecule has 1 saturated heterocycles. The van der Waals surface area contributed by atoms with Crippen LogP contribution in [0.5, 0.6) is 0 Å². The number of carbonyl (C=O) groups is 2. The maximum atomic E-state index is 12.5. The van der Waals surface area contributed by atoms with E-state index >= 15 is 0 Å². The van der Waals surface area contributed by atoms with Crippen LogP contribution in [0.15, 0.2) is 0 Å². The lowest BCUT2D eigenvalue weighted by Gasteiger charge is -2.43. The van der Waals surface area contributed by atoms with Gasteiger partial charge in [0.25, 0.3) is 0 Å². The number of rotatable bonds is 4. The number of carbonyl (C=O) groups excluding carboxylic acids is 1. The fourth-order valence-electron chi connectivity index (χ4n) is 2.49. The van der Waals surface area contributed by atoms with E-state index < -0.39 is 16.9 Å². The fourth-order valence-corrected chi connectivity index (χ4v) is 2.49. The molecule has 0 bridgehead atoms. The SMILES string of the molecule is CN(C(=O)N1CCCC(C(C)(C)C(=O)O)C1)C(C)(C)CO. The highest BCUT2D eigenvalue weighted by Gasteiger charge is 2.41. The summed E-state index contributed by atoms with van der Waals surface area (Å²) in [6.07, 6.45) is 1.62. The normalized spacial score (nSPS) is 20.3. The molecular weight excluding hydrogens is 272 g/mol. The van der Waals surface area contributed by atoms with Crippen molar-refractivity contribution in [3.63, 3.8) is 0 Å². The average Bonchev–Trinajstić information content (AvgIpc) is 2.45. The highest BCUT2D eigenvalue weighted by Crippen LogP contribution is 2.34. The highest BCUT2D eigenvalue weighted by molar-refractivity contribution is 5.76. The minimum absolute atomic E-state index is 0.0571. The second-order valence-electron chi connectivity index (χ2n) is 7.12. The molecule has 0 saturated carbocycles. The van der Waals surface area contributed by atoms with Gasteiger partial charge in [-0.15, -0.1) is 0 Å². The van der Waals surface area contributed by atoms with Crippen LogP contribution in [-0.4, -0.2) is 64.3 Å². The Labute approximate surface area is 126 Å². The first-order valence-electron chi connectivity index (χ1n) is 7.41. The largest absolute Gasteiger partial charge is 0.481 e. The topological polar surface area (TPSA) is 81.1 Å². The standard InChI is InChI=1S/C15H28N2O4/c1-14(2,10-18)16(5)13(21)17-8-6-7-11(9-17)15(3,4)12(19)20/h11,18H,6-10H2,1-5H3,(H,19,20). The van der Waals surface area contributed by atoms with Crippen LogP contribution in [0.4, 0.5) is 4.79 Å². The Morgan fingerprint density at radius 1 is 1.29 bits per heavy atom. The summed E-state index contributed by atoms with van der Waals surface area (Å²) >= 11 is 0. The molecule has 122 valence electrons. The Morgan fingerprint density at radius 2 is 1.86 bits per heavy atom. The molecule has 6 heteroatoms. The summed E-state index contributed by atoms with van der Waals surface area (Å²) in [7, 11) is 1.67. The number of aliphatic carboxylic acids is 1. The van der Waals surface area contributed by atoms with E-state index in [9.17, 15) is 19.8 Å². The molecule has 1 heterocycles. The number of amides is 2. The van der Waals surface area contributed by atoms with Gasteiger partial charge in [-0.1, -0.05) is 0 Å². The van der Waals surface area contributed by atoms with E-state index in [4.69, 9.17) is 0 Å². The van der Waals surface area contributed by atoms with E-state index in [1.807, 2.05) is 0 Å². The van der Waals surface area contributed by atoms with Crippen LogP contribution in [0.25, 0.3) is 0 Å². The molecule has 1 atom stereocenters. The molecule has 0 aromatic rings. The first kappa shape index (κ1) is 17.8. The van der Waals surface area contributed by atoms with E-state index in [0.717, 1.165) is 12.8 Å². The molecule has 0 aliphatic carbocycles. The molecule has 2 N–H and O–H groups in total. The number of likely N-dealkylation sites (N-methyl/N-ethyl adjacent to an activating group) is 1. The summed E-state index contributed by atoms with van der Waals surface area (Å²) < 4.78 is 0. The van der Waals surface area contributed by atoms with Crippen LogP contribution < -0.4 is 0 Å². The third-order valence-corrected chi connectivity index (χ3v) is 4.85. The minimum Gasteiger partial charge on any atom is -0.481 e. The maximum absolute atomic E-state index is 12.5. The smallest absolute Gasteiger partial charge is 0.320 e. The molecule has 0 aromatic heterocycles. The molecule has 2 amide bonds. The lowest BCUT2D eigenvalue weighted by atomic mass is 9.74. The first-order valence-corrected chi connectivity index (χ1v) is 7.41. The van der Waals surface area contributed by atoms with Gasteiger partial charge >= 0.3 is 12.0 Å². The zero-order chi connectivity index (χ0) is 16.4. The fraction of sp³-hybridized carbons (Fsp3) is 0.867. The predicted octanol–water partition coefficient (Wildman–Crippen LogP) is 1.63. The molecule has 1 aliphatic rings. The van der Waals surface area contributed by atoms with E-state index in [0.29, 0.717) is 13.1 Å². The zero-order valence-electron chi connectivity index (χ0n) is 13.7. The summed E-state index contributed by atoms with van der Waals surface area (Å²) in [5.74, 6) is -0.885. The van der Waals surface area contributed by atoms with Crippen LogP contribution >= 0.6 is 0 Å². The van der Waals surface area contributed by atoms with Gasteiger partial charge in [0.15, 0.2) is 0 Å². The second kappa shape index (κ2) is 6.22. The number of hydrogen-bond acceptors (Lipinski definition) is 3. The minimum atomic E-state index is -0.843. The van der Waals surface area contributed by atoms with Crippen LogP contribution in [0.1, 0.15) is 40.5 Å². The number of carboxylic acid groups (broad SMARTS) is 1. The van der Waals surface area contributed by atoms with Gasteiger partial charge < -0.3 is 20.0 Å². The summed E-state index contributed by atoms with van der Waals surface area (Å²) in [4.78, 5) is 27.2. The molecular formula is C15H28N2O4. The van der Waals surface area contributed by atoms with E-state index in [2.05, 4.69) is 0 Å². The molecule has 0 radical (unpaired) electrons. The van der Waals surface area contributed by atoms with E-state index in [1.54, 1.807) is 39.6 Å². The van der Waals surface area contributed by atoms with Crippen LogP contribution in [0.2, 0.25) is 0 Å². The molecule has 1 unspecified atom stereocenters. The summed E-state index contributed by atoms with van der Waals surface area (Å²) in [6, 6.07) is -0.153. The summed E-state index contributed by atoms with van der Waals surface area (Å²) in [5.41, 5.74) is -1.48. The van der Waals surface area contributed by atoms with Crippen molar-refractivity contribution in [3.8, 4) is 0 Å². The van der Waals surface area contributed by atoms with Crippen molar-refractivity contribution in [2.24, 2.45) is 11.3 Å². The summed E-state index contributed by atoms with van der Waals surface area (Å²) in [6.45, 7) is 8.00. The van der Waals surface area contributed by atoms with E-state index in [1.165, 1.54) is 4.90 Å². The molecule has 6 nitrogen and oxygen atoms in total. The lowest BCUT2D eigenvalue weighted by molar-refractivity contribution is -0.151. The number of urea groups is 1. The predicted molar refractivity (Wildman–Crippen MR) is 80.0 cm³/mol. The Bertz CT molecular complexity index is 406. The number of likely N-dealkylation sites (tertiary alicyclic amines) is 1. The van der Waals surface area contributed by atoms with Crippen LogP contribution in [0, 0.1) is 11.3 Å². The van der Waals surface area contributed by atoms with Crippen molar-refractivity contribution in [1.29, 1.82) is 0 Å². The number of hydrogen-bond donors (Lipinski definition) is 2. The Hall–Kier alpha value is -1.30. The van der Waals surface area contributed by atoms with Gasteiger partial charge in [0, 0.05) is 20.1 Å². The number of aliphatic hydroxyl groups excluding tert-OH is 1. The molecule has 1 rings (SSSR count). The van der Waals surface area contributed by atoms with Crippen molar-refractivity contribution in [1.82, 2.24) is 9.80 Å². The van der Waals surface area contributed by atoms with Gasteiger partial charge in [0.1, 0.15) is 0 Å². The number of aliphatic hydroxyl groups is 1. The third-order valence-electron chi connectivity index (χ3n) is 4.85. The Kier molecular flexibility index (Phi) is 5.25. The number of carboxylic acids is 1. The number of nitrogens with zero attached hydrogens (tertiary/aromatic N) is 2. The van der Waals surface area contributed by atoms with Crippen molar-refractivity contribution < 1.29 is 19.8 Å². The van der Waals surface area contributed by atoms with Crippen molar-refractivity contribution in [3.05, 3.63) is 0 Å². The van der Waals surface area contributed by atoms with Gasteiger partial charge in [0.05, 0.1) is 17.6 Å². The number of piperidine rings is 1. The molecule has 1 fully saturated rings. The molecule has 0 aromatic carbocycles. The van der Waals surface area contributed by atoms with Crippen LogP contribution in [0.3, 0.4) is 0 Å². The van der Waals surface area contributed by atoms with Gasteiger partial charge in [-0.3, -0.25) is 4.79 Å². The van der Waals surface area contributed by atoms with Crippen molar-refractivity contribution in [2.75, 3.05) is 26.7 Å². The van der Waals surface area contributed by atoms with Crippen molar-refractivity contribution in [2.45, 2.75) is 46.1 Å². The lowest BCUT2D eigenvalue weighted by Crippen LogP contribution is -2.56. The van der Waals surface area contributed by atoms with Gasteiger partial charge in [-0.2, -0.15) is 0 Å². The summed E-state index contributed by atoms with van der Waals surface area (Å²) in [5, 5.41) is 18.7. The molecule has 21 heavy (non-hydrogen) atoms. The quantitative estimate of drug-likeness (QED) is 0.827. The van der Waals surface area contributed by atoms with E-state index in [-0.39, 0.29) is 18.6 Å². The van der Waals surface area contributed by atoms with Gasteiger partial charge in [-0.05, 0) is 46.5 Å². The first-order chi connectivity index (χ1) is 9.54. The zero-order valence-corrected chi connectivity index (χ0v) is 13.7. The Balaban J connectivity index is 2.82. The average molecular weight is 300 g/mol.